The van der Waals surface area contributed by atoms with Crippen LogP contribution in [0.1, 0.15) is 46.3 Å². The first-order valence-corrected chi connectivity index (χ1v) is 14.6. The first-order chi connectivity index (χ1) is 20.0. The van der Waals surface area contributed by atoms with Crippen molar-refractivity contribution in [2.45, 2.75) is 44.4 Å². The quantitative estimate of drug-likeness (QED) is 0.437. The van der Waals surface area contributed by atoms with Gasteiger partial charge in [0.2, 0.25) is 5.91 Å². The van der Waals surface area contributed by atoms with Crippen molar-refractivity contribution in [2.24, 2.45) is 0 Å². The number of carbonyl (C=O) groups is 2. The molecule has 2 N–H and O–H groups in total. The largest absolute Gasteiger partial charge is 0.487 e. The van der Waals surface area contributed by atoms with Crippen molar-refractivity contribution in [2.75, 3.05) is 38.0 Å². The lowest BCUT2D eigenvalue weighted by atomic mass is 10.1. The molecule has 0 radical (unpaired) electrons. The highest BCUT2D eigenvalue weighted by Crippen LogP contribution is 2.54. The molecular weight excluding hydrogens is 542 g/mol. The molecule has 4 aliphatic rings. The highest BCUT2D eigenvalue weighted by Gasteiger charge is 2.59. The summed E-state index contributed by atoms with van der Waals surface area (Å²) in [6, 6.07) is 13.1. The van der Waals surface area contributed by atoms with Gasteiger partial charge >= 0.3 is 0 Å². The molecular formula is C31H32ClN5O4. The fraction of sp³-hybridized carbons (Fsp3) is 0.387. The summed E-state index contributed by atoms with van der Waals surface area (Å²) >= 11 is 6.62. The maximum absolute atomic E-state index is 13.1. The smallest absolute Gasteiger partial charge is 0.251 e. The molecule has 1 aliphatic carbocycles. The van der Waals surface area contributed by atoms with E-state index in [1.54, 1.807) is 12.3 Å². The number of anilines is 1. The van der Waals surface area contributed by atoms with Gasteiger partial charge in [0.05, 0.1) is 12.0 Å². The van der Waals surface area contributed by atoms with Crippen LogP contribution in [0.5, 0.6) is 17.2 Å². The Morgan fingerprint density at radius 1 is 1.12 bits per heavy atom. The fourth-order valence-corrected chi connectivity index (χ4v) is 6.35. The van der Waals surface area contributed by atoms with Gasteiger partial charge in [-0.25, -0.2) is 4.98 Å². The summed E-state index contributed by atoms with van der Waals surface area (Å²) in [4.78, 5) is 34.0. The summed E-state index contributed by atoms with van der Waals surface area (Å²) in [5.74, 6) is 2.59. The molecule has 1 saturated heterocycles. The van der Waals surface area contributed by atoms with Gasteiger partial charge in [-0.1, -0.05) is 24.6 Å². The molecule has 1 unspecified atom stereocenters. The molecule has 2 aromatic carbocycles. The van der Waals surface area contributed by atoms with Crippen LogP contribution in [0.25, 0.3) is 0 Å². The standard InChI is InChI=1S/C31H32ClN5O4/c1-2-36-11-13-37(14-12-36)17-19-4-3-18(15-23(19)32)31(39)35-28-27-22-16-20(5-7-24(22)41-29(27)28)40-25-9-10-33-30-21(25)6-8-26(38)34-30/h3-5,7,9-10,15-16,27-29H,2,6,8,11-14,17H2,1H3,(H,35,39)(H,33,34,38)/t27-,28?,29-/m0/s1. The van der Waals surface area contributed by atoms with Crippen LogP contribution in [0.3, 0.4) is 0 Å². The van der Waals surface area contributed by atoms with Gasteiger partial charge in [-0.2, -0.15) is 0 Å². The Labute approximate surface area is 243 Å². The molecule has 3 atom stereocenters. The van der Waals surface area contributed by atoms with Crippen LogP contribution in [-0.4, -0.2) is 71.5 Å². The lowest BCUT2D eigenvalue weighted by molar-refractivity contribution is -0.116. The number of benzene rings is 2. The molecule has 1 saturated carbocycles. The average Bonchev–Trinajstić information content (AvgIpc) is 3.50. The monoisotopic (exact) mass is 573 g/mol. The number of carbonyl (C=O) groups excluding carboxylic acids is 2. The van der Waals surface area contributed by atoms with E-state index in [2.05, 4.69) is 32.3 Å². The van der Waals surface area contributed by atoms with Gasteiger partial charge in [-0.15, -0.1) is 0 Å². The Morgan fingerprint density at radius 3 is 2.76 bits per heavy atom. The predicted octanol–water partition coefficient (Wildman–Crippen LogP) is 4.21. The highest BCUT2D eigenvalue weighted by molar-refractivity contribution is 6.31. The van der Waals surface area contributed by atoms with E-state index in [9.17, 15) is 9.59 Å². The van der Waals surface area contributed by atoms with Gasteiger partial charge in [0.1, 0.15) is 29.2 Å². The third-order valence-electron chi connectivity index (χ3n) is 8.58. The van der Waals surface area contributed by atoms with Crippen molar-refractivity contribution in [3.63, 3.8) is 0 Å². The summed E-state index contributed by atoms with van der Waals surface area (Å²) in [7, 11) is 0. The Bertz CT molecular complexity index is 1520. The molecule has 7 rings (SSSR count). The first kappa shape index (κ1) is 26.3. The number of ether oxygens (including phenoxy) is 2. The number of aromatic nitrogens is 1. The number of likely N-dealkylation sites (N-methyl/N-ethyl adjacent to an activating group) is 1. The minimum absolute atomic E-state index is 0.0380. The van der Waals surface area contributed by atoms with Gasteiger partial charge in [0.25, 0.3) is 5.91 Å². The SMILES string of the molecule is CCN1CCN(Cc2ccc(C(=O)NC3[C@H]4Oc5ccc(Oc6ccnc7c6CCC(=O)N7)cc5[C@@H]34)cc2Cl)CC1. The molecule has 2 fully saturated rings. The summed E-state index contributed by atoms with van der Waals surface area (Å²) in [5, 5.41) is 6.56. The molecule has 0 spiro atoms. The molecule has 10 heteroatoms. The third kappa shape index (κ3) is 5.14. The first-order valence-electron chi connectivity index (χ1n) is 14.3. The second kappa shape index (κ2) is 10.6. The van der Waals surface area contributed by atoms with E-state index in [1.807, 2.05) is 36.4 Å². The van der Waals surface area contributed by atoms with E-state index < -0.39 is 0 Å². The van der Waals surface area contributed by atoms with E-state index in [1.165, 1.54) is 0 Å². The minimum Gasteiger partial charge on any atom is -0.487 e. The van der Waals surface area contributed by atoms with Crippen molar-refractivity contribution in [1.29, 1.82) is 0 Å². The third-order valence-corrected chi connectivity index (χ3v) is 8.93. The summed E-state index contributed by atoms with van der Waals surface area (Å²) in [5.41, 5.74) is 3.50. The van der Waals surface area contributed by atoms with Gasteiger partial charge < -0.3 is 25.0 Å². The van der Waals surface area contributed by atoms with Crippen molar-refractivity contribution in [3.8, 4) is 17.2 Å². The zero-order valence-electron chi connectivity index (χ0n) is 22.9. The molecule has 212 valence electrons. The second-order valence-corrected chi connectivity index (χ2v) is 11.5. The van der Waals surface area contributed by atoms with Crippen LogP contribution in [0.2, 0.25) is 5.02 Å². The van der Waals surface area contributed by atoms with E-state index in [0.717, 1.165) is 61.7 Å². The van der Waals surface area contributed by atoms with E-state index >= 15 is 0 Å². The van der Waals surface area contributed by atoms with Gasteiger partial charge in [-0.05, 0) is 54.9 Å². The number of hydrogen-bond donors (Lipinski definition) is 2. The summed E-state index contributed by atoms with van der Waals surface area (Å²) in [6.07, 6.45) is 2.52. The summed E-state index contributed by atoms with van der Waals surface area (Å²) in [6.45, 7) is 8.26. The Balaban J connectivity index is 0.991. The van der Waals surface area contributed by atoms with Gasteiger partial charge in [-0.3, -0.25) is 14.5 Å². The van der Waals surface area contributed by atoms with Crippen LogP contribution in [0.15, 0.2) is 48.7 Å². The number of pyridine rings is 1. The molecule has 0 bridgehead atoms. The Hall–Kier alpha value is -3.66. The van der Waals surface area contributed by atoms with Crippen LogP contribution in [-0.2, 0) is 17.8 Å². The van der Waals surface area contributed by atoms with Crippen molar-refractivity contribution < 1.29 is 19.1 Å². The lowest BCUT2D eigenvalue weighted by Gasteiger charge is -2.34. The van der Waals surface area contributed by atoms with E-state index in [0.29, 0.717) is 40.7 Å². The van der Waals surface area contributed by atoms with Crippen molar-refractivity contribution in [1.82, 2.24) is 20.1 Å². The molecule has 9 nitrogen and oxygen atoms in total. The van der Waals surface area contributed by atoms with Crippen LogP contribution in [0.4, 0.5) is 5.82 Å². The maximum atomic E-state index is 13.1. The Kier molecular flexibility index (Phi) is 6.81. The molecule has 3 aromatic rings. The van der Waals surface area contributed by atoms with Crippen LogP contribution in [0, 0.1) is 0 Å². The predicted molar refractivity (Wildman–Crippen MR) is 155 cm³/mol. The minimum atomic E-state index is -0.155. The number of nitrogens with one attached hydrogen (secondary N) is 2. The van der Waals surface area contributed by atoms with E-state index in [-0.39, 0.29) is 29.9 Å². The van der Waals surface area contributed by atoms with Crippen molar-refractivity contribution >= 4 is 29.2 Å². The molecule has 41 heavy (non-hydrogen) atoms. The van der Waals surface area contributed by atoms with Gasteiger partial charge in [0, 0.05) is 67.1 Å². The van der Waals surface area contributed by atoms with Crippen LogP contribution < -0.4 is 20.1 Å². The number of hydrogen-bond acceptors (Lipinski definition) is 7. The fourth-order valence-electron chi connectivity index (χ4n) is 6.11. The number of fused-ring (bicyclic) bond motifs is 4. The normalized spacial score (nSPS) is 23.1. The van der Waals surface area contributed by atoms with E-state index in [4.69, 9.17) is 21.1 Å². The lowest BCUT2D eigenvalue weighted by Crippen LogP contribution is -2.45. The second-order valence-electron chi connectivity index (χ2n) is 11.1. The molecule has 4 heterocycles. The molecule has 2 amide bonds. The summed E-state index contributed by atoms with van der Waals surface area (Å²) < 4.78 is 12.3. The maximum Gasteiger partial charge on any atom is 0.251 e. The Morgan fingerprint density at radius 2 is 1.95 bits per heavy atom. The average molecular weight is 574 g/mol. The zero-order chi connectivity index (χ0) is 28.1. The van der Waals surface area contributed by atoms with Crippen molar-refractivity contribution in [3.05, 3.63) is 75.9 Å². The molecule has 1 aromatic heterocycles. The van der Waals surface area contributed by atoms with Crippen LogP contribution >= 0.6 is 11.6 Å². The topological polar surface area (TPSA) is 96.0 Å². The van der Waals surface area contributed by atoms with Gasteiger partial charge in [0.15, 0.2) is 0 Å². The number of nitrogens with zero attached hydrogens (tertiary/aromatic N) is 3. The number of rotatable bonds is 7. The molecule has 3 aliphatic heterocycles. The number of halogens is 1. The number of piperazine rings is 1. The zero-order valence-corrected chi connectivity index (χ0v) is 23.6. The number of amides is 2. The highest BCUT2D eigenvalue weighted by atomic mass is 35.5.